The second-order valence-electron chi connectivity index (χ2n) is 3.98. The lowest BCUT2D eigenvalue weighted by molar-refractivity contribution is 0.0936. The van der Waals surface area contributed by atoms with E-state index in [9.17, 15) is 4.79 Å². The summed E-state index contributed by atoms with van der Waals surface area (Å²) in [4.78, 5) is 20.5. The van der Waals surface area contributed by atoms with Gasteiger partial charge in [0.2, 0.25) is 0 Å². The van der Waals surface area contributed by atoms with E-state index in [2.05, 4.69) is 20.6 Å². The molecule has 19 heavy (non-hydrogen) atoms. The van der Waals surface area contributed by atoms with Crippen molar-refractivity contribution < 1.29 is 4.79 Å². The van der Waals surface area contributed by atoms with Gasteiger partial charge < -0.3 is 10.6 Å². The third kappa shape index (κ3) is 3.08. The van der Waals surface area contributed by atoms with Gasteiger partial charge in [0.05, 0.1) is 23.5 Å². The predicted octanol–water partition coefficient (Wildman–Crippen LogP) is 2.46. The Hall–Kier alpha value is -1.95. The first-order chi connectivity index (χ1) is 9.26. The molecular weight excluding hydrogens is 260 g/mol. The van der Waals surface area contributed by atoms with Crippen LogP contribution in [0, 0.1) is 0 Å². The Morgan fingerprint density at radius 2 is 2.32 bits per heavy atom. The summed E-state index contributed by atoms with van der Waals surface area (Å²) in [6.45, 7) is 2.03. The standard InChI is InChI=1S/C13H16N4OS/c1-3-10(13-16-6-7-19-13)17-12(18)9-4-5-15-8-11(9)14-2/h4-8,10,14H,3H2,1-2H3,(H,17,18). The minimum Gasteiger partial charge on any atom is -0.386 e. The lowest BCUT2D eigenvalue weighted by Gasteiger charge is -2.15. The van der Waals surface area contributed by atoms with Crippen molar-refractivity contribution in [2.24, 2.45) is 0 Å². The number of hydrogen-bond acceptors (Lipinski definition) is 5. The third-order valence-corrected chi connectivity index (χ3v) is 3.69. The second kappa shape index (κ2) is 6.29. The van der Waals surface area contributed by atoms with Crippen LogP contribution >= 0.6 is 11.3 Å². The SMILES string of the molecule is CCC(NC(=O)c1ccncc1NC)c1nccs1. The summed E-state index contributed by atoms with van der Waals surface area (Å²) in [5, 5.41) is 8.81. The fraction of sp³-hybridized carbons (Fsp3) is 0.308. The highest BCUT2D eigenvalue weighted by atomic mass is 32.1. The normalized spacial score (nSPS) is 11.9. The van der Waals surface area contributed by atoms with Crippen LogP contribution in [-0.2, 0) is 0 Å². The molecule has 5 nitrogen and oxygen atoms in total. The van der Waals surface area contributed by atoms with E-state index in [1.54, 1.807) is 43.0 Å². The topological polar surface area (TPSA) is 66.9 Å². The zero-order valence-electron chi connectivity index (χ0n) is 10.9. The minimum atomic E-state index is -0.117. The molecule has 1 unspecified atom stereocenters. The number of amides is 1. The van der Waals surface area contributed by atoms with Crippen LogP contribution in [0.2, 0.25) is 0 Å². The van der Waals surface area contributed by atoms with Gasteiger partial charge in [0, 0.05) is 24.8 Å². The highest BCUT2D eigenvalue weighted by Gasteiger charge is 2.17. The van der Waals surface area contributed by atoms with E-state index < -0.39 is 0 Å². The van der Waals surface area contributed by atoms with Gasteiger partial charge >= 0.3 is 0 Å². The summed E-state index contributed by atoms with van der Waals surface area (Å²) in [7, 11) is 1.77. The van der Waals surface area contributed by atoms with Gasteiger partial charge in [-0.3, -0.25) is 9.78 Å². The second-order valence-corrected chi connectivity index (χ2v) is 4.90. The molecule has 0 radical (unpaired) electrons. The van der Waals surface area contributed by atoms with Crippen LogP contribution in [0.4, 0.5) is 5.69 Å². The first-order valence-electron chi connectivity index (χ1n) is 6.08. The smallest absolute Gasteiger partial charge is 0.254 e. The van der Waals surface area contributed by atoms with Crippen molar-refractivity contribution in [2.75, 3.05) is 12.4 Å². The van der Waals surface area contributed by atoms with E-state index in [1.165, 1.54) is 0 Å². The summed E-state index contributed by atoms with van der Waals surface area (Å²) in [6.07, 6.45) is 5.80. The molecule has 6 heteroatoms. The molecule has 2 rings (SSSR count). The first-order valence-corrected chi connectivity index (χ1v) is 6.96. The first kappa shape index (κ1) is 13.5. The Morgan fingerprint density at radius 3 is 2.95 bits per heavy atom. The van der Waals surface area contributed by atoms with E-state index in [1.807, 2.05) is 12.3 Å². The van der Waals surface area contributed by atoms with Gasteiger partial charge in [-0.15, -0.1) is 11.3 Å². The zero-order valence-corrected chi connectivity index (χ0v) is 11.7. The van der Waals surface area contributed by atoms with Crippen LogP contribution in [0.3, 0.4) is 0 Å². The molecule has 0 aliphatic rings. The Bertz CT molecular complexity index is 541. The molecule has 0 bridgehead atoms. The van der Waals surface area contributed by atoms with Crippen LogP contribution in [-0.4, -0.2) is 22.9 Å². The summed E-state index contributed by atoms with van der Waals surface area (Å²) in [6, 6.07) is 1.65. The molecular formula is C13H16N4OS. The Labute approximate surface area is 116 Å². The van der Waals surface area contributed by atoms with Crippen LogP contribution in [0.25, 0.3) is 0 Å². The van der Waals surface area contributed by atoms with Crippen molar-refractivity contribution >= 4 is 22.9 Å². The van der Waals surface area contributed by atoms with Crippen LogP contribution in [0.1, 0.15) is 34.8 Å². The van der Waals surface area contributed by atoms with E-state index in [0.717, 1.165) is 11.4 Å². The number of anilines is 1. The van der Waals surface area contributed by atoms with E-state index >= 15 is 0 Å². The Kier molecular flexibility index (Phi) is 4.46. The van der Waals surface area contributed by atoms with Crippen molar-refractivity contribution in [3.8, 4) is 0 Å². The van der Waals surface area contributed by atoms with Crippen molar-refractivity contribution in [1.29, 1.82) is 0 Å². The maximum absolute atomic E-state index is 12.3. The lowest BCUT2D eigenvalue weighted by Crippen LogP contribution is -2.28. The number of hydrogen-bond donors (Lipinski definition) is 2. The molecule has 2 aromatic heterocycles. The Morgan fingerprint density at radius 1 is 1.47 bits per heavy atom. The van der Waals surface area contributed by atoms with E-state index in [-0.39, 0.29) is 11.9 Å². The molecule has 2 N–H and O–H groups in total. The lowest BCUT2D eigenvalue weighted by atomic mass is 10.1. The quantitative estimate of drug-likeness (QED) is 0.880. The maximum atomic E-state index is 12.3. The molecule has 1 atom stereocenters. The number of pyridine rings is 1. The number of aromatic nitrogens is 2. The maximum Gasteiger partial charge on any atom is 0.254 e. The largest absolute Gasteiger partial charge is 0.386 e. The van der Waals surface area contributed by atoms with Crippen molar-refractivity contribution in [2.45, 2.75) is 19.4 Å². The predicted molar refractivity (Wildman–Crippen MR) is 76.4 cm³/mol. The van der Waals surface area contributed by atoms with Crippen LogP contribution in [0.15, 0.2) is 30.0 Å². The molecule has 0 saturated carbocycles. The van der Waals surface area contributed by atoms with Gasteiger partial charge in [-0.1, -0.05) is 6.92 Å². The van der Waals surface area contributed by atoms with Gasteiger partial charge in [0.15, 0.2) is 0 Å². The molecule has 0 aliphatic heterocycles. The molecule has 0 aliphatic carbocycles. The molecule has 1 amide bonds. The van der Waals surface area contributed by atoms with Gasteiger partial charge in [-0.05, 0) is 12.5 Å². The molecule has 2 aromatic rings. The summed E-state index contributed by atoms with van der Waals surface area (Å²) in [5.74, 6) is -0.117. The minimum absolute atomic E-state index is 0.0506. The zero-order chi connectivity index (χ0) is 13.7. The summed E-state index contributed by atoms with van der Waals surface area (Å²) < 4.78 is 0. The van der Waals surface area contributed by atoms with Crippen LogP contribution < -0.4 is 10.6 Å². The monoisotopic (exact) mass is 276 g/mol. The number of rotatable bonds is 5. The number of thiazole rings is 1. The summed E-state index contributed by atoms with van der Waals surface area (Å²) in [5.41, 5.74) is 1.31. The molecule has 0 saturated heterocycles. The van der Waals surface area contributed by atoms with Crippen molar-refractivity contribution in [1.82, 2.24) is 15.3 Å². The average Bonchev–Trinajstić information content (AvgIpc) is 2.98. The highest BCUT2D eigenvalue weighted by Crippen LogP contribution is 2.20. The summed E-state index contributed by atoms with van der Waals surface area (Å²) >= 11 is 1.55. The van der Waals surface area contributed by atoms with Crippen molar-refractivity contribution in [3.63, 3.8) is 0 Å². The van der Waals surface area contributed by atoms with E-state index in [4.69, 9.17) is 0 Å². The van der Waals surface area contributed by atoms with Gasteiger partial charge in [-0.2, -0.15) is 0 Å². The van der Waals surface area contributed by atoms with E-state index in [0.29, 0.717) is 11.3 Å². The van der Waals surface area contributed by atoms with Crippen molar-refractivity contribution in [3.05, 3.63) is 40.6 Å². The molecule has 0 fully saturated rings. The van der Waals surface area contributed by atoms with Gasteiger partial charge in [0.1, 0.15) is 5.01 Å². The molecule has 2 heterocycles. The average molecular weight is 276 g/mol. The van der Waals surface area contributed by atoms with Gasteiger partial charge in [-0.25, -0.2) is 4.98 Å². The van der Waals surface area contributed by atoms with Crippen LogP contribution in [0.5, 0.6) is 0 Å². The fourth-order valence-corrected chi connectivity index (χ4v) is 2.55. The highest BCUT2D eigenvalue weighted by molar-refractivity contribution is 7.09. The van der Waals surface area contributed by atoms with Gasteiger partial charge in [0.25, 0.3) is 5.91 Å². The number of nitrogens with zero attached hydrogens (tertiary/aromatic N) is 2. The fourth-order valence-electron chi connectivity index (χ4n) is 1.77. The molecule has 0 aromatic carbocycles. The number of carbonyl (C=O) groups excluding carboxylic acids is 1. The third-order valence-electron chi connectivity index (χ3n) is 2.80. The molecule has 100 valence electrons. The number of carbonyl (C=O) groups is 1. The molecule has 0 spiro atoms. The number of nitrogens with one attached hydrogen (secondary N) is 2. The Balaban J connectivity index is 2.16.